The second-order valence-electron chi connectivity index (χ2n) is 3.60. The number of hydrogen-bond donors (Lipinski definition) is 2. The Morgan fingerprint density at radius 2 is 2.36 bits per heavy atom. The van der Waals surface area contributed by atoms with Gasteiger partial charge in [-0.1, -0.05) is 0 Å². The van der Waals surface area contributed by atoms with Crippen LogP contribution in [0.5, 0.6) is 0 Å². The molecule has 0 radical (unpaired) electrons. The molecule has 1 rings (SSSR count). The van der Waals surface area contributed by atoms with Crippen molar-refractivity contribution in [1.82, 2.24) is 5.32 Å². The SMILES string of the molecule is CC(C)(O)CNC(=O)c1ccoc1Cl. The highest BCUT2D eigenvalue weighted by molar-refractivity contribution is 6.32. The fourth-order valence-electron chi connectivity index (χ4n) is 0.848. The molecule has 0 aliphatic carbocycles. The number of carbonyl (C=O) groups excluding carboxylic acids is 1. The zero-order chi connectivity index (χ0) is 10.8. The van der Waals surface area contributed by atoms with Crippen LogP contribution in [-0.2, 0) is 0 Å². The molecule has 0 aromatic carbocycles. The number of amides is 1. The summed E-state index contributed by atoms with van der Waals surface area (Å²) < 4.78 is 4.76. The van der Waals surface area contributed by atoms with E-state index in [1.54, 1.807) is 13.8 Å². The number of aliphatic hydroxyl groups is 1. The summed E-state index contributed by atoms with van der Waals surface area (Å²) in [7, 11) is 0. The Morgan fingerprint density at radius 3 is 2.79 bits per heavy atom. The number of nitrogens with one attached hydrogen (secondary N) is 1. The summed E-state index contributed by atoms with van der Waals surface area (Å²) in [6, 6.07) is 1.47. The molecular formula is C9H12ClNO3. The van der Waals surface area contributed by atoms with Gasteiger partial charge < -0.3 is 14.8 Å². The molecule has 14 heavy (non-hydrogen) atoms. The van der Waals surface area contributed by atoms with Crippen molar-refractivity contribution >= 4 is 17.5 Å². The topological polar surface area (TPSA) is 62.5 Å². The smallest absolute Gasteiger partial charge is 0.256 e. The summed E-state index contributed by atoms with van der Waals surface area (Å²) in [5, 5.41) is 11.9. The van der Waals surface area contributed by atoms with E-state index < -0.39 is 5.60 Å². The van der Waals surface area contributed by atoms with Crippen molar-refractivity contribution in [3.05, 3.63) is 23.1 Å². The zero-order valence-electron chi connectivity index (χ0n) is 8.00. The summed E-state index contributed by atoms with van der Waals surface area (Å²) in [6.07, 6.45) is 1.33. The van der Waals surface area contributed by atoms with E-state index in [1.165, 1.54) is 12.3 Å². The Balaban J connectivity index is 2.56. The summed E-state index contributed by atoms with van der Waals surface area (Å²) in [4.78, 5) is 11.4. The maximum atomic E-state index is 11.4. The maximum absolute atomic E-state index is 11.4. The van der Waals surface area contributed by atoms with E-state index in [1.807, 2.05) is 0 Å². The molecule has 0 unspecified atom stereocenters. The predicted molar refractivity (Wildman–Crippen MR) is 52.3 cm³/mol. The van der Waals surface area contributed by atoms with E-state index in [4.69, 9.17) is 16.0 Å². The maximum Gasteiger partial charge on any atom is 0.256 e. The highest BCUT2D eigenvalue weighted by atomic mass is 35.5. The minimum absolute atomic E-state index is 0.0539. The van der Waals surface area contributed by atoms with Crippen LogP contribution in [0.2, 0.25) is 5.22 Å². The van der Waals surface area contributed by atoms with E-state index in [0.29, 0.717) is 0 Å². The van der Waals surface area contributed by atoms with Crippen LogP contribution < -0.4 is 5.32 Å². The number of furan rings is 1. The molecule has 0 saturated heterocycles. The number of hydrogen-bond acceptors (Lipinski definition) is 3. The summed E-state index contributed by atoms with van der Waals surface area (Å²) >= 11 is 5.59. The minimum atomic E-state index is -0.939. The van der Waals surface area contributed by atoms with Gasteiger partial charge in [0.05, 0.1) is 17.4 Å². The van der Waals surface area contributed by atoms with Crippen LogP contribution in [0.1, 0.15) is 24.2 Å². The van der Waals surface area contributed by atoms with Crippen LogP contribution in [0, 0.1) is 0 Å². The second-order valence-corrected chi connectivity index (χ2v) is 3.95. The first-order chi connectivity index (χ1) is 6.40. The quantitative estimate of drug-likeness (QED) is 0.805. The van der Waals surface area contributed by atoms with Crippen molar-refractivity contribution in [2.24, 2.45) is 0 Å². The van der Waals surface area contributed by atoms with Gasteiger partial charge in [-0.15, -0.1) is 0 Å². The lowest BCUT2D eigenvalue weighted by Crippen LogP contribution is -2.38. The van der Waals surface area contributed by atoms with Gasteiger partial charge in [0.1, 0.15) is 0 Å². The minimum Gasteiger partial charge on any atom is -0.452 e. The Morgan fingerprint density at radius 1 is 1.71 bits per heavy atom. The van der Waals surface area contributed by atoms with Gasteiger partial charge in [0.2, 0.25) is 5.22 Å². The molecule has 0 aliphatic heterocycles. The van der Waals surface area contributed by atoms with Crippen molar-refractivity contribution in [3.8, 4) is 0 Å². The Labute approximate surface area is 86.9 Å². The lowest BCUT2D eigenvalue weighted by atomic mass is 10.1. The van der Waals surface area contributed by atoms with Crippen LogP contribution in [0.25, 0.3) is 0 Å². The molecule has 4 nitrogen and oxygen atoms in total. The van der Waals surface area contributed by atoms with Crippen molar-refractivity contribution in [2.45, 2.75) is 19.4 Å². The van der Waals surface area contributed by atoms with E-state index >= 15 is 0 Å². The van der Waals surface area contributed by atoms with Gasteiger partial charge in [-0.2, -0.15) is 0 Å². The lowest BCUT2D eigenvalue weighted by Gasteiger charge is -2.17. The summed E-state index contributed by atoms with van der Waals surface area (Å²) in [5.41, 5.74) is -0.665. The van der Waals surface area contributed by atoms with Gasteiger partial charge in [0.25, 0.3) is 5.91 Å². The number of halogens is 1. The standard InChI is InChI=1S/C9H12ClNO3/c1-9(2,13)5-11-8(12)6-3-4-14-7(6)10/h3-4,13H,5H2,1-2H3,(H,11,12). The fourth-order valence-corrected chi connectivity index (χ4v) is 1.05. The van der Waals surface area contributed by atoms with Crippen molar-refractivity contribution in [1.29, 1.82) is 0 Å². The first kappa shape index (κ1) is 11.1. The molecule has 1 aromatic rings. The Kier molecular flexibility index (Phi) is 3.18. The van der Waals surface area contributed by atoms with Crippen LogP contribution in [0.3, 0.4) is 0 Å². The summed E-state index contributed by atoms with van der Waals surface area (Å²) in [6.45, 7) is 3.36. The van der Waals surface area contributed by atoms with E-state index in [9.17, 15) is 9.90 Å². The fraction of sp³-hybridized carbons (Fsp3) is 0.444. The van der Waals surface area contributed by atoms with Crippen LogP contribution in [-0.4, -0.2) is 23.2 Å². The average Bonchev–Trinajstić information content (AvgIpc) is 2.46. The molecule has 0 fully saturated rings. The first-order valence-electron chi connectivity index (χ1n) is 4.14. The molecule has 0 saturated carbocycles. The van der Waals surface area contributed by atoms with Gasteiger partial charge in [-0.05, 0) is 31.5 Å². The lowest BCUT2D eigenvalue weighted by molar-refractivity contribution is 0.0694. The molecule has 2 N–H and O–H groups in total. The highest BCUT2D eigenvalue weighted by Crippen LogP contribution is 2.16. The third-order valence-electron chi connectivity index (χ3n) is 1.54. The van der Waals surface area contributed by atoms with E-state index in [0.717, 1.165) is 0 Å². The van der Waals surface area contributed by atoms with Crippen molar-refractivity contribution < 1.29 is 14.3 Å². The molecule has 1 amide bonds. The van der Waals surface area contributed by atoms with Crippen molar-refractivity contribution in [2.75, 3.05) is 6.54 Å². The number of rotatable bonds is 3. The predicted octanol–water partition coefficient (Wildman–Crippen LogP) is 1.43. The highest BCUT2D eigenvalue weighted by Gasteiger charge is 2.17. The summed E-state index contributed by atoms with van der Waals surface area (Å²) in [5.74, 6) is -0.356. The zero-order valence-corrected chi connectivity index (χ0v) is 8.76. The van der Waals surface area contributed by atoms with Crippen LogP contribution >= 0.6 is 11.6 Å². The van der Waals surface area contributed by atoms with Crippen LogP contribution in [0.15, 0.2) is 16.7 Å². The van der Waals surface area contributed by atoms with E-state index in [-0.39, 0.29) is 23.2 Å². The van der Waals surface area contributed by atoms with Gasteiger partial charge in [0, 0.05) is 6.54 Å². The molecule has 0 bridgehead atoms. The molecule has 0 spiro atoms. The number of carbonyl (C=O) groups is 1. The first-order valence-corrected chi connectivity index (χ1v) is 4.51. The normalized spacial score (nSPS) is 11.4. The van der Waals surface area contributed by atoms with Crippen LogP contribution in [0.4, 0.5) is 0 Å². The largest absolute Gasteiger partial charge is 0.452 e. The third kappa shape index (κ3) is 3.05. The Hall–Kier alpha value is -1.00. The molecule has 0 aliphatic rings. The van der Waals surface area contributed by atoms with Gasteiger partial charge in [-0.3, -0.25) is 4.79 Å². The molecule has 0 atom stereocenters. The monoisotopic (exact) mass is 217 g/mol. The molecule has 78 valence electrons. The van der Waals surface area contributed by atoms with Crippen molar-refractivity contribution in [3.63, 3.8) is 0 Å². The van der Waals surface area contributed by atoms with E-state index in [2.05, 4.69) is 5.32 Å². The van der Waals surface area contributed by atoms with Gasteiger partial charge in [0.15, 0.2) is 0 Å². The van der Waals surface area contributed by atoms with Gasteiger partial charge >= 0.3 is 0 Å². The average molecular weight is 218 g/mol. The molecule has 1 heterocycles. The second kappa shape index (κ2) is 4.02. The molecular weight excluding hydrogens is 206 g/mol. The Bertz CT molecular complexity index is 327. The third-order valence-corrected chi connectivity index (χ3v) is 1.84. The molecule has 1 aromatic heterocycles. The van der Waals surface area contributed by atoms with Gasteiger partial charge in [-0.25, -0.2) is 0 Å². The molecule has 5 heteroatoms.